The highest BCUT2D eigenvalue weighted by molar-refractivity contribution is 7.99. The van der Waals surface area contributed by atoms with Crippen LogP contribution in [0.1, 0.15) is 5.56 Å². The molecular weight excluding hydrogens is 185 g/mol. The molecule has 1 aromatic carbocycles. The Morgan fingerprint density at radius 3 is 2.54 bits per heavy atom. The van der Waals surface area contributed by atoms with Crippen LogP contribution in [-0.2, 0) is 0 Å². The molecule has 0 heterocycles. The summed E-state index contributed by atoms with van der Waals surface area (Å²) in [6.07, 6.45) is -0.897. The van der Waals surface area contributed by atoms with Crippen molar-refractivity contribution in [1.82, 2.24) is 0 Å². The van der Waals surface area contributed by atoms with E-state index in [4.69, 9.17) is 5.73 Å². The Kier molecular flexibility index (Phi) is 4.25. The number of halogens is 1. The monoisotopic (exact) mass is 199 g/mol. The van der Waals surface area contributed by atoms with Crippen LogP contribution >= 0.6 is 11.8 Å². The second-order valence-electron chi connectivity index (χ2n) is 2.96. The van der Waals surface area contributed by atoms with Gasteiger partial charge in [0.05, 0.1) is 0 Å². The van der Waals surface area contributed by atoms with Crippen LogP contribution < -0.4 is 5.73 Å². The van der Waals surface area contributed by atoms with Gasteiger partial charge in [0, 0.05) is 17.2 Å². The van der Waals surface area contributed by atoms with Crippen molar-refractivity contribution in [2.24, 2.45) is 5.73 Å². The molecule has 0 saturated heterocycles. The van der Waals surface area contributed by atoms with Crippen LogP contribution in [0.15, 0.2) is 29.2 Å². The number of rotatable bonds is 4. The van der Waals surface area contributed by atoms with Gasteiger partial charge in [-0.25, -0.2) is 4.39 Å². The number of alkyl halides is 1. The highest BCUT2D eigenvalue weighted by Crippen LogP contribution is 2.19. The molecule has 0 aliphatic rings. The van der Waals surface area contributed by atoms with Crippen LogP contribution in [0.2, 0.25) is 0 Å². The van der Waals surface area contributed by atoms with Gasteiger partial charge in [0.15, 0.2) is 0 Å². The summed E-state index contributed by atoms with van der Waals surface area (Å²) in [4.78, 5) is 1.10. The van der Waals surface area contributed by atoms with Gasteiger partial charge in [-0.15, -0.1) is 11.8 Å². The first-order chi connectivity index (χ1) is 6.22. The average Bonchev–Trinajstić information content (AvgIpc) is 2.16. The molecule has 0 aromatic heterocycles. The van der Waals surface area contributed by atoms with Gasteiger partial charge in [0.25, 0.3) is 0 Å². The maximum absolute atomic E-state index is 12.8. The largest absolute Gasteiger partial charge is 0.328 e. The molecule has 2 N–H and O–H groups in total. The van der Waals surface area contributed by atoms with E-state index in [2.05, 4.69) is 0 Å². The SMILES string of the molecule is Cc1ccc(SCC(F)CN)cc1. The summed E-state index contributed by atoms with van der Waals surface area (Å²) >= 11 is 1.51. The Morgan fingerprint density at radius 2 is 2.00 bits per heavy atom. The summed E-state index contributed by atoms with van der Waals surface area (Å²) in [5.74, 6) is 0.444. The third-order valence-corrected chi connectivity index (χ3v) is 2.84. The molecule has 1 nitrogen and oxygen atoms in total. The third kappa shape index (κ3) is 3.79. The Morgan fingerprint density at radius 1 is 1.38 bits per heavy atom. The van der Waals surface area contributed by atoms with Crippen molar-refractivity contribution in [2.45, 2.75) is 18.0 Å². The molecule has 13 heavy (non-hydrogen) atoms. The fourth-order valence-electron chi connectivity index (χ4n) is 0.889. The number of aryl methyl sites for hydroxylation is 1. The molecule has 0 bridgehead atoms. The van der Waals surface area contributed by atoms with Gasteiger partial charge in [-0.1, -0.05) is 17.7 Å². The number of nitrogens with two attached hydrogens (primary N) is 1. The van der Waals surface area contributed by atoms with Crippen molar-refractivity contribution in [3.05, 3.63) is 29.8 Å². The topological polar surface area (TPSA) is 26.0 Å². The Bertz CT molecular complexity index is 248. The quantitative estimate of drug-likeness (QED) is 0.753. The summed E-state index contributed by atoms with van der Waals surface area (Å²) in [5, 5.41) is 0. The molecule has 0 spiro atoms. The number of thioether (sulfide) groups is 1. The first kappa shape index (κ1) is 10.5. The van der Waals surface area contributed by atoms with Crippen LogP contribution in [0, 0.1) is 6.92 Å². The van der Waals surface area contributed by atoms with E-state index in [0.717, 1.165) is 4.90 Å². The number of hydrogen-bond acceptors (Lipinski definition) is 2. The lowest BCUT2D eigenvalue weighted by Crippen LogP contribution is -2.17. The molecule has 0 fully saturated rings. The van der Waals surface area contributed by atoms with E-state index < -0.39 is 6.17 Å². The summed E-state index contributed by atoms with van der Waals surface area (Å²) in [5.41, 5.74) is 6.39. The summed E-state index contributed by atoms with van der Waals surface area (Å²) in [6, 6.07) is 8.06. The van der Waals surface area contributed by atoms with E-state index in [1.54, 1.807) is 0 Å². The van der Waals surface area contributed by atoms with E-state index in [9.17, 15) is 4.39 Å². The normalized spacial score (nSPS) is 12.8. The summed E-state index contributed by atoms with van der Waals surface area (Å²) in [7, 11) is 0. The van der Waals surface area contributed by atoms with E-state index in [1.807, 2.05) is 31.2 Å². The molecular formula is C10H14FNS. The van der Waals surface area contributed by atoms with Crippen LogP contribution in [0.3, 0.4) is 0 Å². The van der Waals surface area contributed by atoms with E-state index in [-0.39, 0.29) is 6.54 Å². The molecule has 1 rings (SSSR count). The van der Waals surface area contributed by atoms with Gasteiger partial charge >= 0.3 is 0 Å². The molecule has 0 aliphatic heterocycles. The maximum atomic E-state index is 12.8. The predicted octanol–water partition coefficient (Wildman–Crippen LogP) is 2.38. The van der Waals surface area contributed by atoms with Crippen molar-refractivity contribution in [2.75, 3.05) is 12.3 Å². The minimum Gasteiger partial charge on any atom is -0.328 e. The Hall–Kier alpha value is -0.540. The van der Waals surface area contributed by atoms with Gasteiger partial charge in [-0.2, -0.15) is 0 Å². The number of hydrogen-bond donors (Lipinski definition) is 1. The standard InChI is InChI=1S/C10H14FNS/c1-8-2-4-10(5-3-8)13-7-9(11)6-12/h2-5,9H,6-7,12H2,1H3. The van der Waals surface area contributed by atoms with Gasteiger partial charge in [-0.3, -0.25) is 0 Å². The smallest absolute Gasteiger partial charge is 0.122 e. The lowest BCUT2D eigenvalue weighted by molar-refractivity contribution is 0.376. The first-order valence-corrected chi connectivity index (χ1v) is 5.24. The van der Waals surface area contributed by atoms with Crippen LogP contribution in [-0.4, -0.2) is 18.5 Å². The second kappa shape index (κ2) is 5.25. The highest BCUT2D eigenvalue weighted by atomic mass is 32.2. The molecule has 1 aromatic rings. The first-order valence-electron chi connectivity index (χ1n) is 4.26. The molecule has 1 atom stereocenters. The summed E-state index contributed by atoms with van der Waals surface area (Å²) in [6.45, 7) is 2.14. The zero-order chi connectivity index (χ0) is 9.68. The average molecular weight is 199 g/mol. The van der Waals surface area contributed by atoms with Crippen LogP contribution in [0.5, 0.6) is 0 Å². The van der Waals surface area contributed by atoms with Crippen molar-refractivity contribution >= 4 is 11.8 Å². The molecule has 0 aliphatic carbocycles. The third-order valence-electron chi connectivity index (χ3n) is 1.71. The zero-order valence-electron chi connectivity index (χ0n) is 7.66. The number of benzene rings is 1. The van der Waals surface area contributed by atoms with E-state index >= 15 is 0 Å². The van der Waals surface area contributed by atoms with Gasteiger partial charge in [0.1, 0.15) is 6.17 Å². The van der Waals surface area contributed by atoms with Crippen LogP contribution in [0.4, 0.5) is 4.39 Å². The molecule has 1 unspecified atom stereocenters. The molecule has 3 heteroatoms. The fraction of sp³-hybridized carbons (Fsp3) is 0.400. The van der Waals surface area contributed by atoms with Gasteiger partial charge in [-0.05, 0) is 19.1 Å². The Labute approximate surface area is 82.5 Å². The maximum Gasteiger partial charge on any atom is 0.122 e. The molecule has 0 amide bonds. The van der Waals surface area contributed by atoms with Gasteiger partial charge in [0.2, 0.25) is 0 Å². The predicted molar refractivity (Wildman–Crippen MR) is 55.9 cm³/mol. The summed E-state index contributed by atoms with van der Waals surface area (Å²) < 4.78 is 12.8. The lowest BCUT2D eigenvalue weighted by atomic mass is 10.2. The Balaban J connectivity index is 2.41. The van der Waals surface area contributed by atoms with E-state index in [1.165, 1.54) is 17.3 Å². The van der Waals surface area contributed by atoms with Crippen LogP contribution in [0.25, 0.3) is 0 Å². The van der Waals surface area contributed by atoms with Gasteiger partial charge < -0.3 is 5.73 Å². The van der Waals surface area contributed by atoms with Crippen molar-refractivity contribution < 1.29 is 4.39 Å². The molecule has 0 saturated carbocycles. The molecule has 0 radical (unpaired) electrons. The fourth-order valence-corrected chi connectivity index (χ4v) is 1.73. The van der Waals surface area contributed by atoms with Crippen molar-refractivity contribution in [3.8, 4) is 0 Å². The zero-order valence-corrected chi connectivity index (χ0v) is 8.48. The minimum absolute atomic E-state index is 0.110. The minimum atomic E-state index is -0.897. The second-order valence-corrected chi connectivity index (χ2v) is 4.05. The molecule has 72 valence electrons. The van der Waals surface area contributed by atoms with E-state index in [0.29, 0.717) is 5.75 Å². The van der Waals surface area contributed by atoms with Crippen molar-refractivity contribution in [1.29, 1.82) is 0 Å². The lowest BCUT2D eigenvalue weighted by Gasteiger charge is -2.04. The highest BCUT2D eigenvalue weighted by Gasteiger charge is 2.03. The van der Waals surface area contributed by atoms with Crippen molar-refractivity contribution in [3.63, 3.8) is 0 Å².